The van der Waals surface area contributed by atoms with Gasteiger partial charge in [0.15, 0.2) is 10.9 Å². The molecule has 0 amide bonds. The summed E-state index contributed by atoms with van der Waals surface area (Å²) >= 11 is 1.21. The average molecular weight is 347 g/mol. The van der Waals surface area contributed by atoms with Crippen LogP contribution in [0, 0.1) is 11.6 Å². The van der Waals surface area contributed by atoms with Gasteiger partial charge >= 0.3 is 0 Å². The van der Waals surface area contributed by atoms with Crippen LogP contribution in [0.5, 0.6) is 0 Å². The van der Waals surface area contributed by atoms with Gasteiger partial charge in [-0.1, -0.05) is 11.3 Å². The van der Waals surface area contributed by atoms with Crippen LogP contribution in [0.3, 0.4) is 0 Å². The molecule has 0 spiro atoms. The molecule has 1 aliphatic rings. The highest BCUT2D eigenvalue weighted by Gasteiger charge is 2.25. The quantitative estimate of drug-likeness (QED) is 0.924. The molecule has 1 saturated heterocycles. The molecule has 1 N–H and O–H groups in total. The van der Waals surface area contributed by atoms with E-state index in [-0.39, 0.29) is 11.6 Å². The molecule has 1 unspecified atom stereocenters. The number of halogens is 2. The van der Waals surface area contributed by atoms with E-state index in [1.165, 1.54) is 17.4 Å². The van der Waals surface area contributed by atoms with E-state index < -0.39 is 21.7 Å². The summed E-state index contributed by atoms with van der Waals surface area (Å²) in [6.45, 7) is 1.18. The zero-order chi connectivity index (χ0) is 15.9. The molecule has 1 aromatic carbocycles. The van der Waals surface area contributed by atoms with E-state index >= 15 is 0 Å². The van der Waals surface area contributed by atoms with Crippen molar-refractivity contribution in [3.05, 3.63) is 23.8 Å². The standard InChI is InChI=1S/C13H15F2N3O2S2/c1-22(19,20)17-9-3-2-4-18(7-9)13-16-12-10(15)5-8(14)6-11(12)21-13/h5-6,9,17H,2-4,7H2,1H3. The Morgan fingerprint density at radius 2 is 2.18 bits per heavy atom. The van der Waals surface area contributed by atoms with Crippen LogP contribution < -0.4 is 9.62 Å². The number of nitrogens with zero attached hydrogens (tertiary/aromatic N) is 2. The molecular weight excluding hydrogens is 332 g/mol. The Labute approximate surface area is 131 Å². The largest absolute Gasteiger partial charge is 0.346 e. The number of thiazole rings is 1. The number of nitrogens with one attached hydrogen (secondary N) is 1. The number of aromatic nitrogens is 1. The summed E-state index contributed by atoms with van der Waals surface area (Å²) in [5.74, 6) is -1.31. The second-order valence-corrected chi connectivity index (χ2v) is 8.20. The maximum Gasteiger partial charge on any atom is 0.209 e. The van der Waals surface area contributed by atoms with Crippen molar-refractivity contribution >= 4 is 36.7 Å². The highest BCUT2D eigenvalue weighted by atomic mass is 32.2. The monoisotopic (exact) mass is 347 g/mol. The third kappa shape index (κ3) is 3.36. The lowest BCUT2D eigenvalue weighted by atomic mass is 10.1. The second kappa shape index (κ2) is 5.71. The summed E-state index contributed by atoms with van der Waals surface area (Å²) in [5.41, 5.74) is 0.152. The SMILES string of the molecule is CS(=O)(=O)NC1CCCN(c2nc3c(F)cc(F)cc3s2)C1. The molecule has 0 saturated carbocycles. The molecule has 120 valence electrons. The molecular formula is C13H15F2N3O2S2. The number of anilines is 1. The van der Waals surface area contributed by atoms with Gasteiger partial charge in [-0.15, -0.1) is 0 Å². The third-order valence-electron chi connectivity index (χ3n) is 3.47. The number of benzene rings is 1. The van der Waals surface area contributed by atoms with Gasteiger partial charge in [-0.2, -0.15) is 0 Å². The zero-order valence-electron chi connectivity index (χ0n) is 11.8. The van der Waals surface area contributed by atoms with E-state index in [0.29, 0.717) is 22.9 Å². The van der Waals surface area contributed by atoms with Gasteiger partial charge in [-0.05, 0) is 18.9 Å². The van der Waals surface area contributed by atoms with Crippen LogP contribution in [0.15, 0.2) is 12.1 Å². The zero-order valence-corrected chi connectivity index (χ0v) is 13.5. The van der Waals surface area contributed by atoms with Gasteiger partial charge in [0.1, 0.15) is 11.3 Å². The molecule has 1 aliphatic heterocycles. The van der Waals surface area contributed by atoms with Crippen LogP contribution >= 0.6 is 11.3 Å². The Bertz CT molecular complexity index is 807. The lowest BCUT2D eigenvalue weighted by molar-refractivity contribution is 0.467. The number of hydrogen-bond donors (Lipinski definition) is 1. The maximum absolute atomic E-state index is 13.7. The molecule has 22 heavy (non-hydrogen) atoms. The fourth-order valence-electron chi connectivity index (χ4n) is 2.63. The Hall–Kier alpha value is -1.32. The molecule has 2 aromatic rings. The Morgan fingerprint density at radius 3 is 2.91 bits per heavy atom. The first-order valence-electron chi connectivity index (χ1n) is 6.80. The van der Waals surface area contributed by atoms with Gasteiger partial charge in [-0.3, -0.25) is 0 Å². The van der Waals surface area contributed by atoms with Crippen LogP contribution in [0.25, 0.3) is 10.2 Å². The first kappa shape index (κ1) is 15.6. The highest BCUT2D eigenvalue weighted by molar-refractivity contribution is 7.88. The smallest absolute Gasteiger partial charge is 0.209 e. The molecule has 1 fully saturated rings. The molecule has 1 atom stereocenters. The van der Waals surface area contributed by atoms with E-state index in [1.54, 1.807) is 0 Å². The number of rotatable bonds is 3. The van der Waals surface area contributed by atoms with Gasteiger partial charge in [0.05, 0.1) is 11.0 Å². The fraction of sp³-hybridized carbons (Fsp3) is 0.462. The van der Waals surface area contributed by atoms with Crippen molar-refractivity contribution in [2.75, 3.05) is 24.2 Å². The molecule has 9 heteroatoms. The minimum Gasteiger partial charge on any atom is -0.346 e. The molecule has 0 aliphatic carbocycles. The summed E-state index contributed by atoms with van der Waals surface area (Å²) < 4.78 is 52.7. The number of fused-ring (bicyclic) bond motifs is 1. The highest BCUT2D eigenvalue weighted by Crippen LogP contribution is 2.32. The van der Waals surface area contributed by atoms with Gasteiger partial charge in [-0.25, -0.2) is 26.9 Å². The normalized spacial score (nSPS) is 19.8. The minimum absolute atomic E-state index is 0.152. The number of sulfonamides is 1. The predicted octanol–water partition coefficient (Wildman–Crippen LogP) is 2.09. The number of piperidine rings is 1. The fourth-order valence-corrected chi connectivity index (χ4v) is 4.47. The molecule has 5 nitrogen and oxygen atoms in total. The Balaban J connectivity index is 1.86. The van der Waals surface area contributed by atoms with E-state index in [4.69, 9.17) is 0 Å². The van der Waals surface area contributed by atoms with Crippen molar-refractivity contribution in [3.63, 3.8) is 0 Å². The van der Waals surface area contributed by atoms with Crippen LogP contribution in [0.4, 0.5) is 13.9 Å². The molecule has 3 rings (SSSR count). The minimum atomic E-state index is -3.27. The van der Waals surface area contributed by atoms with Crippen LogP contribution in [-0.2, 0) is 10.0 Å². The van der Waals surface area contributed by atoms with E-state index in [0.717, 1.165) is 25.2 Å². The molecule has 2 heterocycles. The lowest BCUT2D eigenvalue weighted by Gasteiger charge is -2.32. The number of hydrogen-bond acceptors (Lipinski definition) is 5. The van der Waals surface area contributed by atoms with E-state index in [2.05, 4.69) is 9.71 Å². The summed E-state index contributed by atoms with van der Waals surface area (Å²) in [5, 5.41) is 0.583. The van der Waals surface area contributed by atoms with Gasteiger partial charge in [0, 0.05) is 25.2 Å². The first-order chi connectivity index (χ1) is 10.3. The van der Waals surface area contributed by atoms with E-state index in [9.17, 15) is 17.2 Å². The van der Waals surface area contributed by atoms with Crippen LogP contribution in [0.1, 0.15) is 12.8 Å². The first-order valence-corrected chi connectivity index (χ1v) is 9.50. The Morgan fingerprint density at radius 1 is 1.41 bits per heavy atom. The van der Waals surface area contributed by atoms with Crippen molar-refractivity contribution in [2.24, 2.45) is 0 Å². The summed E-state index contributed by atoms with van der Waals surface area (Å²) in [6, 6.07) is 1.88. The predicted molar refractivity (Wildman–Crippen MR) is 82.8 cm³/mol. The Kier molecular flexibility index (Phi) is 4.04. The summed E-state index contributed by atoms with van der Waals surface area (Å²) in [6.07, 6.45) is 2.68. The van der Waals surface area contributed by atoms with Gasteiger partial charge in [0.2, 0.25) is 10.0 Å². The topological polar surface area (TPSA) is 62.3 Å². The van der Waals surface area contributed by atoms with Crippen molar-refractivity contribution in [2.45, 2.75) is 18.9 Å². The van der Waals surface area contributed by atoms with Crippen molar-refractivity contribution in [3.8, 4) is 0 Å². The second-order valence-electron chi connectivity index (χ2n) is 5.41. The van der Waals surface area contributed by atoms with Gasteiger partial charge in [0.25, 0.3) is 0 Å². The average Bonchev–Trinajstić information content (AvgIpc) is 2.81. The van der Waals surface area contributed by atoms with E-state index in [1.807, 2.05) is 4.90 Å². The van der Waals surface area contributed by atoms with Crippen LogP contribution in [-0.4, -0.2) is 38.8 Å². The molecule has 0 bridgehead atoms. The molecule has 0 radical (unpaired) electrons. The van der Waals surface area contributed by atoms with Crippen LogP contribution in [0.2, 0.25) is 0 Å². The van der Waals surface area contributed by atoms with Gasteiger partial charge < -0.3 is 4.90 Å². The summed E-state index contributed by atoms with van der Waals surface area (Å²) in [7, 11) is -3.27. The summed E-state index contributed by atoms with van der Waals surface area (Å²) in [4.78, 5) is 6.14. The molecule has 1 aromatic heterocycles. The van der Waals surface area contributed by atoms with Crippen molar-refractivity contribution in [1.82, 2.24) is 9.71 Å². The third-order valence-corrected chi connectivity index (χ3v) is 5.30. The maximum atomic E-state index is 13.7. The lowest BCUT2D eigenvalue weighted by Crippen LogP contribution is -2.47. The van der Waals surface area contributed by atoms with Crippen molar-refractivity contribution < 1.29 is 17.2 Å². The van der Waals surface area contributed by atoms with Crippen molar-refractivity contribution in [1.29, 1.82) is 0 Å².